The Morgan fingerprint density at radius 1 is 0.875 bits per heavy atom. The van der Waals surface area contributed by atoms with Gasteiger partial charge in [0.2, 0.25) is 0 Å². The van der Waals surface area contributed by atoms with Crippen LogP contribution in [0.3, 0.4) is 0 Å². The zero-order valence-electron chi connectivity index (χ0n) is 9.11. The average molecular weight is 230 g/mol. The Morgan fingerprint density at radius 2 is 1.25 bits per heavy atom. The fraction of sp³-hybridized carbons (Fsp3) is 0.800. The van der Waals surface area contributed by atoms with E-state index in [-0.39, 0.29) is 12.1 Å². The van der Waals surface area contributed by atoms with Crippen LogP contribution in [-0.2, 0) is 9.59 Å². The van der Waals surface area contributed by atoms with E-state index in [4.69, 9.17) is 10.2 Å². The van der Waals surface area contributed by atoms with Crippen molar-refractivity contribution in [3.63, 3.8) is 0 Å². The Morgan fingerprint density at radius 3 is 1.38 bits per heavy atom. The van der Waals surface area contributed by atoms with Crippen molar-refractivity contribution in [1.82, 2.24) is 10.6 Å². The highest BCUT2D eigenvalue weighted by Gasteiger charge is 2.20. The van der Waals surface area contributed by atoms with E-state index in [0.717, 1.165) is 38.8 Å². The Hall–Kier alpha value is -1.14. The van der Waals surface area contributed by atoms with E-state index < -0.39 is 11.9 Å². The first-order valence-corrected chi connectivity index (χ1v) is 5.53. The van der Waals surface area contributed by atoms with Crippen molar-refractivity contribution in [3.05, 3.63) is 0 Å². The molecule has 2 rings (SSSR count). The van der Waals surface area contributed by atoms with E-state index >= 15 is 0 Å². The largest absolute Gasteiger partial charge is 0.480 e. The standard InChI is InChI=1S/2C5H9NO2/c2*7-5(8)4-2-1-3-6-4/h2*4,6H,1-3H2,(H,7,8)/t2*4-/m00/s1. The summed E-state index contributed by atoms with van der Waals surface area (Å²) in [4.78, 5) is 20.3. The monoisotopic (exact) mass is 230 g/mol. The molecule has 2 aliphatic heterocycles. The summed E-state index contributed by atoms with van der Waals surface area (Å²) in [6.07, 6.45) is 3.57. The van der Waals surface area contributed by atoms with E-state index in [1.54, 1.807) is 0 Å². The summed E-state index contributed by atoms with van der Waals surface area (Å²) >= 11 is 0. The number of rotatable bonds is 2. The van der Waals surface area contributed by atoms with Gasteiger partial charge in [0.15, 0.2) is 0 Å². The molecule has 0 amide bonds. The Kier molecular flexibility index (Phi) is 5.21. The minimum Gasteiger partial charge on any atom is -0.480 e. The number of aliphatic carboxylic acids is 2. The number of hydrogen-bond acceptors (Lipinski definition) is 4. The van der Waals surface area contributed by atoms with Crippen molar-refractivity contribution >= 4 is 11.9 Å². The fourth-order valence-corrected chi connectivity index (χ4v) is 1.79. The van der Waals surface area contributed by atoms with Crippen LogP contribution in [0.2, 0.25) is 0 Å². The smallest absolute Gasteiger partial charge is 0.320 e. The van der Waals surface area contributed by atoms with Crippen LogP contribution in [0.25, 0.3) is 0 Å². The third-order valence-corrected chi connectivity index (χ3v) is 2.72. The number of carboxylic acids is 2. The van der Waals surface area contributed by atoms with Crippen molar-refractivity contribution in [2.24, 2.45) is 0 Å². The molecule has 0 aromatic carbocycles. The molecule has 0 aromatic rings. The van der Waals surface area contributed by atoms with Gasteiger partial charge in [0.25, 0.3) is 0 Å². The molecule has 0 unspecified atom stereocenters. The zero-order chi connectivity index (χ0) is 12.0. The van der Waals surface area contributed by atoms with Gasteiger partial charge in [-0.25, -0.2) is 0 Å². The van der Waals surface area contributed by atoms with Gasteiger partial charge in [-0.2, -0.15) is 0 Å². The van der Waals surface area contributed by atoms with Crippen LogP contribution in [-0.4, -0.2) is 47.3 Å². The first-order valence-electron chi connectivity index (χ1n) is 5.53. The van der Waals surface area contributed by atoms with Crippen LogP contribution < -0.4 is 10.6 Å². The first-order chi connectivity index (χ1) is 7.61. The van der Waals surface area contributed by atoms with Crippen molar-refractivity contribution < 1.29 is 19.8 Å². The van der Waals surface area contributed by atoms with Crippen LogP contribution >= 0.6 is 0 Å². The Balaban J connectivity index is 0.000000160. The summed E-state index contributed by atoms with van der Waals surface area (Å²) in [7, 11) is 0. The average Bonchev–Trinajstić information content (AvgIpc) is 2.93. The van der Waals surface area contributed by atoms with E-state index in [2.05, 4.69) is 10.6 Å². The lowest BCUT2D eigenvalue weighted by Gasteiger charge is -1.99. The van der Waals surface area contributed by atoms with Crippen LogP contribution in [0, 0.1) is 0 Å². The summed E-state index contributed by atoms with van der Waals surface area (Å²) < 4.78 is 0. The maximum atomic E-state index is 10.1. The van der Waals surface area contributed by atoms with Gasteiger partial charge in [0, 0.05) is 0 Å². The SMILES string of the molecule is O=C(O)[C@@H]1CCCN1.O=C(O)[C@@H]1CCCN1. The van der Waals surface area contributed by atoms with Gasteiger partial charge in [0.1, 0.15) is 12.1 Å². The summed E-state index contributed by atoms with van der Waals surface area (Å²) in [5.41, 5.74) is 0. The number of hydrogen-bond donors (Lipinski definition) is 4. The van der Waals surface area contributed by atoms with Crippen LogP contribution in [0.15, 0.2) is 0 Å². The van der Waals surface area contributed by atoms with Crippen molar-refractivity contribution in [2.45, 2.75) is 37.8 Å². The lowest BCUT2D eigenvalue weighted by atomic mass is 10.2. The minimum absolute atomic E-state index is 0.269. The van der Waals surface area contributed by atoms with E-state index in [9.17, 15) is 9.59 Å². The van der Waals surface area contributed by atoms with Gasteiger partial charge in [-0.3, -0.25) is 9.59 Å². The zero-order valence-corrected chi connectivity index (χ0v) is 9.11. The highest BCUT2D eigenvalue weighted by molar-refractivity contribution is 5.74. The quantitative estimate of drug-likeness (QED) is 0.517. The summed E-state index contributed by atoms with van der Waals surface area (Å²) in [6.45, 7) is 1.72. The van der Waals surface area contributed by atoms with Crippen LogP contribution in [0.1, 0.15) is 25.7 Å². The molecule has 16 heavy (non-hydrogen) atoms. The molecule has 2 fully saturated rings. The fourth-order valence-electron chi connectivity index (χ4n) is 1.79. The maximum Gasteiger partial charge on any atom is 0.320 e. The molecule has 0 spiro atoms. The molecule has 2 aliphatic rings. The second-order valence-electron chi connectivity index (χ2n) is 3.97. The van der Waals surface area contributed by atoms with E-state index in [1.165, 1.54) is 0 Å². The summed E-state index contributed by atoms with van der Waals surface area (Å²) in [6, 6.07) is -0.537. The highest BCUT2D eigenvalue weighted by atomic mass is 16.4. The topological polar surface area (TPSA) is 98.7 Å². The molecule has 0 aromatic heterocycles. The number of carboxylic acid groups (broad SMARTS) is 2. The number of carbonyl (C=O) groups is 2. The van der Waals surface area contributed by atoms with Gasteiger partial charge in [-0.1, -0.05) is 0 Å². The second-order valence-corrected chi connectivity index (χ2v) is 3.97. The highest BCUT2D eigenvalue weighted by Crippen LogP contribution is 2.04. The van der Waals surface area contributed by atoms with Crippen LogP contribution in [0.4, 0.5) is 0 Å². The van der Waals surface area contributed by atoms with Crippen molar-refractivity contribution in [3.8, 4) is 0 Å². The molecular weight excluding hydrogens is 212 g/mol. The molecular formula is C10H18N2O4. The molecule has 2 heterocycles. The number of nitrogens with one attached hydrogen (secondary N) is 2. The molecule has 92 valence electrons. The third-order valence-electron chi connectivity index (χ3n) is 2.72. The molecule has 0 aliphatic carbocycles. The molecule has 6 heteroatoms. The van der Waals surface area contributed by atoms with Gasteiger partial charge in [-0.15, -0.1) is 0 Å². The predicted octanol–water partition coefficient (Wildman–Crippen LogP) is -0.354. The molecule has 0 bridgehead atoms. The second kappa shape index (κ2) is 6.44. The molecule has 2 saturated heterocycles. The summed E-state index contributed by atoms with van der Waals surface area (Å²) in [5.74, 6) is -1.44. The van der Waals surface area contributed by atoms with Crippen LogP contribution in [0.5, 0.6) is 0 Å². The molecule has 0 radical (unpaired) electrons. The minimum atomic E-state index is -0.720. The summed E-state index contributed by atoms with van der Waals surface area (Å²) in [5, 5.41) is 22.4. The molecule has 0 saturated carbocycles. The first kappa shape index (κ1) is 12.9. The Labute approximate surface area is 94.0 Å². The van der Waals surface area contributed by atoms with Crippen molar-refractivity contribution in [1.29, 1.82) is 0 Å². The van der Waals surface area contributed by atoms with E-state index in [0.29, 0.717) is 0 Å². The van der Waals surface area contributed by atoms with E-state index in [1.807, 2.05) is 0 Å². The maximum absolute atomic E-state index is 10.1. The van der Waals surface area contributed by atoms with Gasteiger partial charge >= 0.3 is 11.9 Å². The van der Waals surface area contributed by atoms with Gasteiger partial charge in [0.05, 0.1) is 0 Å². The molecule has 6 nitrogen and oxygen atoms in total. The lowest BCUT2D eigenvalue weighted by molar-refractivity contribution is -0.140. The third kappa shape index (κ3) is 4.16. The lowest BCUT2D eigenvalue weighted by Crippen LogP contribution is -2.29. The normalized spacial score (nSPS) is 28.2. The van der Waals surface area contributed by atoms with Crippen molar-refractivity contribution in [2.75, 3.05) is 13.1 Å². The predicted molar refractivity (Wildman–Crippen MR) is 57.3 cm³/mol. The molecule has 4 N–H and O–H groups in total. The van der Waals surface area contributed by atoms with Gasteiger partial charge in [-0.05, 0) is 38.8 Å². The molecule has 2 atom stereocenters. The van der Waals surface area contributed by atoms with Gasteiger partial charge < -0.3 is 20.8 Å². The Bertz CT molecular complexity index is 219.